The number of esters is 1. The van der Waals surface area contributed by atoms with E-state index in [-0.39, 0.29) is 18.5 Å². The number of carbonyl (C=O) groups excluding carboxylic acids is 2. The Morgan fingerprint density at radius 2 is 0.625 bits per heavy atom. The number of unbranched alkanes of at least 4 members (excludes halogenated alkanes) is 51. The highest BCUT2D eigenvalue weighted by Crippen LogP contribution is 2.19. The second-order valence-electron chi connectivity index (χ2n) is 24.9. The van der Waals surface area contributed by atoms with Crippen LogP contribution in [-0.4, -0.2) is 47.4 Å². The van der Waals surface area contributed by atoms with E-state index in [0.29, 0.717) is 25.9 Å². The Bertz CT molecular complexity index is 1300. The fraction of sp³-hybridized carbons (Fsp3) is 0.892. The van der Waals surface area contributed by atoms with Gasteiger partial charge in [-0.05, 0) is 83.5 Å². The van der Waals surface area contributed by atoms with Crippen molar-refractivity contribution in [2.24, 2.45) is 0 Å². The Morgan fingerprint density at radius 1 is 0.350 bits per heavy atom. The number of amides is 1. The summed E-state index contributed by atoms with van der Waals surface area (Å²) in [5.74, 6) is -0.0235. The van der Waals surface area contributed by atoms with Crippen molar-refractivity contribution >= 4 is 11.9 Å². The van der Waals surface area contributed by atoms with Crippen molar-refractivity contribution in [3.63, 3.8) is 0 Å². The first-order valence-electron chi connectivity index (χ1n) is 36.2. The maximum absolute atomic E-state index is 12.5. The van der Waals surface area contributed by atoms with Crippen LogP contribution in [0.25, 0.3) is 0 Å². The standard InChI is InChI=1S/C74H141NO5/c1-3-5-7-9-11-13-15-17-19-21-36-40-44-48-52-56-60-64-68-74(79)80-69-65-61-57-53-49-45-41-37-34-32-30-28-26-24-22-23-25-27-29-31-33-35-39-43-47-51-55-59-63-67-73(78)75-71(70-76)72(77)66-62-58-54-50-46-42-38-20-18-16-14-12-10-8-6-4-2/h19,21-22,24,28,30,71-72,76-77H,3-18,20,23,25-27,29,31-70H2,1-2H3,(H,75,78)/b21-19-,24-22-,30-28-. The van der Waals surface area contributed by atoms with Crippen molar-refractivity contribution in [2.75, 3.05) is 13.2 Å². The molecule has 0 heterocycles. The van der Waals surface area contributed by atoms with Gasteiger partial charge < -0.3 is 20.3 Å². The van der Waals surface area contributed by atoms with Crippen LogP contribution in [0.2, 0.25) is 0 Å². The van der Waals surface area contributed by atoms with Gasteiger partial charge in [0.25, 0.3) is 0 Å². The number of aliphatic hydroxyl groups is 2. The number of aliphatic hydroxyl groups excluding tert-OH is 2. The Labute approximate surface area is 500 Å². The molecule has 2 unspecified atom stereocenters. The van der Waals surface area contributed by atoms with Gasteiger partial charge in [0.1, 0.15) is 0 Å². The van der Waals surface area contributed by atoms with Gasteiger partial charge in [0.05, 0.1) is 25.4 Å². The fourth-order valence-electron chi connectivity index (χ4n) is 11.4. The molecule has 0 rings (SSSR count). The minimum Gasteiger partial charge on any atom is -0.466 e. The summed E-state index contributed by atoms with van der Waals surface area (Å²) in [7, 11) is 0. The molecule has 0 bridgehead atoms. The Kier molecular flexibility index (Phi) is 67.9. The van der Waals surface area contributed by atoms with Gasteiger partial charge in [-0.2, -0.15) is 0 Å². The van der Waals surface area contributed by atoms with E-state index in [2.05, 4.69) is 55.6 Å². The van der Waals surface area contributed by atoms with Crippen LogP contribution in [0, 0.1) is 0 Å². The summed E-state index contributed by atoms with van der Waals surface area (Å²) >= 11 is 0. The molecule has 6 heteroatoms. The molecule has 0 aromatic carbocycles. The molecule has 2 atom stereocenters. The van der Waals surface area contributed by atoms with E-state index in [0.717, 1.165) is 51.4 Å². The molecule has 6 nitrogen and oxygen atoms in total. The monoisotopic (exact) mass is 1120 g/mol. The molecule has 0 saturated carbocycles. The lowest BCUT2D eigenvalue weighted by Crippen LogP contribution is -2.45. The predicted molar refractivity (Wildman–Crippen MR) is 352 cm³/mol. The number of carbonyl (C=O) groups is 2. The number of allylic oxidation sites excluding steroid dienone is 6. The van der Waals surface area contributed by atoms with Gasteiger partial charge >= 0.3 is 5.97 Å². The summed E-state index contributed by atoms with van der Waals surface area (Å²) in [6.07, 6.45) is 89.1. The average molecular weight is 1120 g/mol. The van der Waals surface area contributed by atoms with Crippen molar-refractivity contribution in [3.05, 3.63) is 36.5 Å². The number of rotatable bonds is 68. The molecule has 3 N–H and O–H groups in total. The van der Waals surface area contributed by atoms with E-state index in [9.17, 15) is 19.8 Å². The maximum atomic E-state index is 12.5. The zero-order chi connectivity index (χ0) is 57.8. The molecule has 80 heavy (non-hydrogen) atoms. The molecule has 0 spiro atoms. The molecule has 0 fully saturated rings. The third kappa shape index (κ3) is 65.2. The second kappa shape index (κ2) is 69.6. The minimum absolute atomic E-state index is 0.00966. The van der Waals surface area contributed by atoms with E-state index in [1.54, 1.807) is 0 Å². The van der Waals surface area contributed by atoms with E-state index in [4.69, 9.17) is 4.74 Å². The maximum Gasteiger partial charge on any atom is 0.305 e. The van der Waals surface area contributed by atoms with Crippen molar-refractivity contribution < 1.29 is 24.5 Å². The molecular weight excluding hydrogens is 983 g/mol. The Hall–Kier alpha value is -1.92. The first kappa shape index (κ1) is 78.1. The summed E-state index contributed by atoms with van der Waals surface area (Å²) in [5.41, 5.74) is 0. The predicted octanol–water partition coefficient (Wildman–Crippen LogP) is 23.5. The number of ether oxygens (including phenoxy) is 1. The highest BCUT2D eigenvalue weighted by Gasteiger charge is 2.20. The lowest BCUT2D eigenvalue weighted by molar-refractivity contribution is -0.143. The van der Waals surface area contributed by atoms with Gasteiger partial charge in [-0.25, -0.2) is 0 Å². The van der Waals surface area contributed by atoms with E-state index in [1.165, 1.54) is 315 Å². The molecule has 1 amide bonds. The summed E-state index contributed by atoms with van der Waals surface area (Å²) < 4.78 is 5.50. The SMILES string of the molecule is CCCCCCCCC/C=C\CCCCCCCCCC(=O)OCCCCCCCCCCC/C=C\C/C=C\CCCCCCCCCCCCCCCC(=O)NC(CO)C(O)CCCCCCCCCCCCCCCCCC. The third-order valence-electron chi connectivity index (χ3n) is 16.9. The molecule has 0 aliphatic heterocycles. The highest BCUT2D eigenvalue weighted by molar-refractivity contribution is 5.76. The van der Waals surface area contributed by atoms with Crippen molar-refractivity contribution in [3.8, 4) is 0 Å². The Balaban J connectivity index is 3.39. The number of hydrogen-bond donors (Lipinski definition) is 3. The van der Waals surface area contributed by atoms with Gasteiger partial charge in [0, 0.05) is 12.8 Å². The van der Waals surface area contributed by atoms with Crippen molar-refractivity contribution in [1.29, 1.82) is 0 Å². The third-order valence-corrected chi connectivity index (χ3v) is 16.9. The largest absolute Gasteiger partial charge is 0.466 e. The number of nitrogens with one attached hydrogen (secondary N) is 1. The lowest BCUT2D eigenvalue weighted by Gasteiger charge is -2.22. The van der Waals surface area contributed by atoms with Crippen LogP contribution in [-0.2, 0) is 14.3 Å². The van der Waals surface area contributed by atoms with Crippen LogP contribution in [0.4, 0.5) is 0 Å². The minimum atomic E-state index is -0.665. The average Bonchev–Trinajstić information content (AvgIpc) is 3.46. The van der Waals surface area contributed by atoms with Gasteiger partial charge in [-0.15, -0.1) is 0 Å². The van der Waals surface area contributed by atoms with Crippen LogP contribution in [0.1, 0.15) is 399 Å². The van der Waals surface area contributed by atoms with E-state index in [1.807, 2.05) is 0 Å². The summed E-state index contributed by atoms with van der Waals surface area (Å²) in [6, 6.07) is -0.543. The highest BCUT2D eigenvalue weighted by atomic mass is 16.5. The topological polar surface area (TPSA) is 95.9 Å². The molecule has 0 saturated heterocycles. The quantitative estimate of drug-likeness (QED) is 0.0320. The first-order valence-corrected chi connectivity index (χ1v) is 36.2. The van der Waals surface area contributed by atoms with Crippen molar-refractivity contribution in [2.45, 2.75) is 411 Å². The molecule has 0 aromatic heterocycles. The zero-order valence-corrected chi connectivity index (χ0v) is 54.1. The first-order chi connectivity index (χ1) is 39.5. The zero-order valence-electron chi connectivity index (χ0n) is 54.1. The molecular formula is C74H141NO5. The van der Waals surface area contributed by atoms with Crippen molar-refractivity contribution in [1.82, 2.24) is 5.32 Å². The van der Waals surface area contributed by atoms with Gasteiger partial charge in [-0.3, -0.25) is 9.59 Å². The molecule has 0 aromatic rings. The lowest BCUT2D eigenvalue weighted by atomic mass is 10.0. The van der Waals surface area contributed by atoms with Gasteiger partial charge in [-0.1, -0.05) is 339 Å². The summed E-state index contributed by atoms with van der Waals surface area (Å²) in [6.45, 7) is 4.98. The molecule has 0 aliphatic rings. The molecule has 0 aliphatic carbocycles. The van der Waals surface area contributed by atoms with E-state index < -0.39 is 12.1 Å². The second-order valence-corrected chi connectivity index (χ2v) is 24.9. The van der Waals surface area contributed by atoms with Crippen LogP contribution in [0.5, 0.6) is 0 Å². The molecule has 472 valence electrons. The number of hydrogen-bond acceptors (Lipinski definition) is 5. The van der Waals surface area contributed by atoms with Crippen LogP contribution in [0.3, 0.4) is 0 Å². The van der Waals surface area contributed by atoms with Crippen LogP contribution >= 0.6 is 0 Å². The van der Waals surface area contributed by atoms with Gasteiger partial charge in [0.15, 0.2) is 0 Å². The summed E-state index contributed by atoms with van der Waals surface area (Å²) in [4.78, 5) is 24.6. The fourth-order valence-corrected chi connectivity index (χ4v) is 11.4. The molecule has 0 radical (unpaired) electrons. The van der Waals surface area contributed by atoms with Gasteiger partial charge in [0.2, 0.25) is 5.91 Å². The smallest absolute Gasteiger partial charge is 0.305 e. The van der Waals surface area contributed by atoms with Crippen LogP contribution in [0.15, 0.2) is 36.5 Å². The van der Waals surface area contributed by atoms with E-state index >= 15 is 0 Å². The summed E-state index contributed by atoms with van der Waals surface area (Å²) in [5, 5.41) is 23.4. The normalized spacial score (nSPS) is 12.7. The van der Waals surface area contributed by atoms with Crippen LogP contribution < -0.4 is 5.32 Å². The Morgan fingerprint density at radius 3 is 0.963 bits per heavy atom.